The molecule has 2 amide bonds. The number of nitrogens with one attached hydrogen (secondary N) is 2. The first-order valence-corrected chi connectivity index (χ1v) is 19.9. The van der Waals surface area contributed by atoms with Crippen LogP contribution in [0.5, 0.6) is 0 Å². The highest BCUT2D eigenvalue weighted by Gasteiger charge is 2.33. The van der Waals surface area contributed by atoms with E-state index in [2.05, 4.69) is 49.9 Å². The van der Waals surface area contributed by atoms with E-state index in [-0.39, 0.29) is 53.2 Å². The Kier molecular flexibility index (Phi) is 18.2. The van der Waals surface area contributed by atoms with Gasteiger partial charge in [0.05, 0.1) is 19.8 Å². The fourth-order valence-corrected chi connectivity index (χ4v) is 6.87. The minimum atomic E-state index is -1.68. The first-order chi connectivity index (χ1) is 28.2. The first kappa shape index (κ1) is 46.7. The normalized spacial score (nSPS) is 16.4. The smallest absolute Gasteiger partial charge is 0.328 e. The molecule has 0 spiro atoms. The van der Waals surface area contributed by atoms with E-state index in [4.69, 9.17) is 38.6 Å². The maximum atomic E-state index is 13.0. The van der Waals surface area contributed by atoms with Crippen molar-refractivity contribution in [3.8, 4) is 11.1 Å². The van der Waals surface area contributed by atoms with Gasteiger partial charge in [-0.1, -0.05) is 60.1 Å². The number of carbonyl (C=O) groups excluding carboxylic acids is 3. The number of aromatic nitrogens is 2. The van der Waals surface area contributed by atoms with Crippen molar-refractivity contribution >= 4 is 47.0 Å². The van der Waals surface area contributed by atoms with Gasteiger partial charge in [0.15, 0.2) is 28.4 Å². The molecule has 322 valence electrons. The van der Waals surface area contributed by atoms with Gasteiger partial charge in [0.2, 0.25) is 5.91 Å². The third-order valence-electron chi connectivity index (χ3n) is 10.3. The van der Waals surface area contributed by atoms with Crippen molar-refractivity contribution in [2.24, 2.45) is 16.6 Å². The lowest BCUT2D eigenvalue weighted by Crippen LogP contribution is -2.51. The highest BCUT2D eigenvalue weighted by atomic mass is 35.5. The number of hydrogen-bond donors (Lipinski definition) is 10. The molecule has 0 unspecified atom stereocenters. The Bertz CT molecular complexity index is 1860. The van der Waals surface area contributed by atoms with Crippen LogP contribution < -0.4 is 27.8 Å². The lowest BCUT2D eigenvalue weighted by molar-refractivity contribution is -0.145. The number of halogens is 1. The number of guanidine groups is 1. The first-order valence-electron chi connectivity index (χ1n) is 19.5. The van der Waals surface area contributed by atoms with Crippen LogP contribution >= 0.6 is 11.6 Å². The molecule has 4 rings (SSSR count). The summed E-state index contributed by atoms with van der Waals surface area (Å²) in [5.41, 5.74) is 21.1. The monoisotopic (exact) mass is 841 g/mol. The van der Waals surface area contributed by atoms with Crippen LogP contribution in [0.2, 0.25) is 5.15 Å². The minimum absolute atomic E-state index is 0.0633. The molecular formula is C40H56ClN9O9. The van der Waals surface area contributed by atoms with Crippen LogP contribution in [-0.2, 0) is 27.2 Å². The van der Waals surface area contributed by atoms with Crippen LogP contribution in [0.15, 0.2) is 53.5 Å². The summed E-state index contributed by atoms with van der Waals surface area (Å²) in [5.74, 6) is -1.70. The number of nitrogen functional groups attached to an aromatic ring is 2. The molecule has 13 N–H and O–H groups in total. The Hall–Kier alpha value is -4.95. The summed E-state index contributed by atoms with van der Waals surface area (Å²) < 4.78 is 4.98. The molecule has 3 aromatic rings. The topological polar surface area (TPSA) is 305 Å². The quantitative estimate of drug-likeness (QED) is 0.0314. The van der Waals surface area contributed by atoms with Crippen molar-refractivity contribution < 1.29 is 44.7 Å². The molecule has 2 aromatic carbocycles. The van der Waals surface area contributed by atoms with Crippen molar-refractivity contribution in [3.05, 3.63) is 70.5 Å². The zero-order valence-corrected chi connectivity index (χ0v) is 33.8. The third kappa shape index (κ3) is 14.4. The molecule has 2 heterocycles. The number of aliphatic imine (C=N–C) groups is 1. The Balaban J connectivity index is 1.16. The van der Waals surface area contributed by atoms with Gasteiger partial charge in [-0.05, 0) is 86.2 Å². The number of nitrogens with zero attached hydrogens (tertiary/aromatic N) is 4. The number of carbonyl (C=O) groups is 3. The number of β-amino-alcohol motifs (C(OH)–C–C–N with tert-alkyl or cyclic N) is 1. The van der Waals surface area contributed by atoms with Crippen molar-refractivity contribution in [3.63, 3.8) is 0 Å². The number of unbranched alkanes of at least 4 members (excludes halogenated alkanes) is 1. The number of aliphatic hydroxyl groups excluding tert-OH is 5. The van der Waals surface area contributed by atoms with Gasteiger partial charge in [-0.3, -0.25) is 19.9 Å². The second kappa shape index (κ2) is 23.0. The number of aliphatic hydroxyl groups is 5. The van der Waals surface area contributed by atoms with E-state index in [9.17, 15) is 34.8 Å². The standard InChI is InChI=1S/C40H56ClN9O9/c1-59-39(58)28(20-25-15-18-50(19-16-25)21-29(52)33(55)34(56)30(53)22-51)46-31(54)14-9-24-7-12-27(13-8-24)26-10-5-23(6-11-26)4-2-3-17-45-40(44)49-38(57)32-36(42)48-37(43)35(41)47-32/h5-8,10-13,25,28-30,33-34,51-53,55-56H,2-4,9,14-22H2,1H3,(H,46,54)(H4,42,43,48)(H3,44,45,49,57)/t28-,29+,30-,33-,34-/m1/s1. The number of aryl methyl sites for hydroxylation is 2. The molecule has 0 bridgehead atoms. The molecule has 18 nitrogen and oxygen atoms in total. The van der Waals surface area contributed by atoms with Gasteiger partial charge in [0, 0.05) is 19.5 Å². The highest BCUT2D eigenvalue weighted by Crippen LogP contribution is 2.25. The summed E-state index contributed by atoms with van der Waals surface area (Å²) in [6.07, 6.45) is -1.35. The zero-order valence-electron chi connectivity index (χ0n) is 33.0. The maximum Gasteiger partial charge on any atom is 0.328 e. The lowest BCUT2D eigenvalue weighted by Gasteiger charge is -2.35. The predicted molar refractivity (Wildman–Crippen MR) is 222 cm³/mol. The minimum Gasteiger partial charge on any atom is -0.467 e. The van der Waals surface area contributed by atoms with E-state index in [1.54, 1.807) is 0 Å². The number of amides is 2. The molecule has 0 saturated carbocycles. The SMILES string of the molecule is COC(=O)[C@@H](CC1CCN(C[C@H](O)[C@@H](O)[C@H](O)[C@H](O)CO)CC1)NC(=O)CCc1ccc(-c2ccc(CCCCN=C(N)NC(=O)c3nc(Cl)c(N)nc3N)cc2)cc1. The Morgan fingerprint density at radius 1 is 0.898 bits per heavy atom. The van der Waals surface area contributed by atoms with Gasteiger partial charge in [-0.25, -0.2) is 14.8 Å². The number of hydrogen-bond acceptors (Lipinski definition) is 15. The number of likely N-dealkylation sites (tertiary alicyclic amines) is 1. The van der Waals surface area contributed by atoms with Gasteiger partial charge in [0.25, 0.3) is 5.91 Å². The summed E-state index contributed by atoms with van der Waals surface area (Å²) in [7, 11) is 1.28. The number of anilines is 2. The highest BCUT2D eigenvalue weighted by molar-refractivity contribution is 6.31. The molecule has 59 heavy (non-hydrogen) atoms. The molecule has 1 fully saturated rings. The van der Waals surface area contributed by atoms with Crippen LogP contribution in [0.3, 0.4) is 0 Å². The summed E-state index contributed by atoms with van der Waals surface area (Å²) in [6.45, 7) is 0.847. The Labute approximate surface area is 347 Å². The molecule has 1 aromatic heterocycles. The predicted octanol–water partition coefficient (Wildman–Crippen LogP) is 0.157. The molecule has 1 aliphatic rings. The largest absolute Gasteiger partial charge is 0.467 e. The third-order valence-corrected chi connectivity index (χ3v) is 10.5. The lowest BCUT2D eigenvalue weighted by atomic mass is 9.89. The van der Waals surface area contributed by atoms with Crippen LogP contribution in [-0.4, -0.2) is 134 Å². The van der Waals surface area contributed by atoms with E-state index in [1.807, 2.05) is 29.2 Å². The number of rotatable bonds is 20. The maximum absolute atomic E-state index is 13.0. The zero-order chi connectivity index (χ0) is 43.1. The second-order valence-electron chi connectivity index (χ2n) is 14.6. The average Bonchev–Trinajstić information content (AvgIpc) is 3.23. The summed E-state index contributed by atoms with van der Waals surface area (Å²) in [4.78, 5) is 51.7. The van der Waals surface area contributed by atoms with Crippen LogP contribution in [0.4, 0.5) is 11.6 Å². The molecule has 1 saturated heterocycles. The molecule has 5 atom stereocenters. The van der Waals surface area contributed by atoms with Gasteiger partial charge in [0.1, 0.15) is 24.4 Å². The fraction of sp³-hybridized carbons (Fsp3) is 0.500. The number of methoxy groups -OCH3 is 1. The average molecular weight is 842 g/mol. The van der Waals surface area contributed by atoms with Gasteiger partial charge in [-0.15, -0.1) is 0 Å². The van der Waals surface area contributed by atoms with Crippen molar-refractivity contribution in [2.45, 2.75) is 81.8 Å². The number of benzene rings is 2. The van der Waals surface area contributed by atoms with E-state index < -0.39 is 48.9 Å². The second-order valence-corrected chi connectivity index (χ2v) is 15.0. The Morgan fingerprint density at radius 2 is 1.49 bits per heavy atom. The number of ether oxygens (including phenoxy) is 1. The van der Waals surface area contributed by atoms with Crippen molar-refractivity contribution in [1.82, 2.24) is 25.5 Å². The molecule has 19 heteroatoms. The van der Waals surface area contributed by atoms with Gasteiger partial charge in [-0.2, -0.15) is 0 Å². The van der Waals surface area contributed by atoms with E-state index in [0.717, 1.165) is 41.5 Å². The Morgan fingerprint density at radius 3 is 2.08 bits per heavy atom. The summed E-state index contributed by atoms with van der Waals surface area (Å²) in [6, 6.07) is 15.5. The van der Waals surface area contributed by atoms with Crippen molar-refractivity contribution in [2.75, 3.05) is 51.4 Å². The van der Waals surface area contributed by atoms with E-state index >= 15 is 0 Å². The van der Waals surface area contributed by atoms with E-state index in [1.165, 1.54) is 7.11 Å². The van der Waals surface area contributed by atoms with Crippen LogP contribution in [0.1, 0.15) is 60.1 Å². The van der Waals surface area contributed by atoms with Crippen molar-refractivity contribution in [1.29, 1.82) is 0 Å². The molecular weight excluding hydrogens is 786 g/mol. The summed E-state index contributed by atoms with van der Waals surface area (Å²) in [5, 5.41) is 54.0. The van der Waals surface area contributed by atoms with Crippen LogP contribution in [0.25, 0.3) is 11.1 Å². The van der Waals surface area contributed by atoms with E-state index in [0.29, 0.717) is 45.3 Å². The summed E-state index contributed by atoms with van der Waals surface area (Å²) >= 11 is 5.83. The van der Waals surface area contributed by atoms with Gasteiger partial charge >= 0.3 is 5.97 Å². The molecule has 0 radical (unpaired) electrons. The molecule has 0 aliphatic carbocycles. The number of piperidine rings is 1. The number of nitrogens with two attached hydrogens (primary N) is 3. The molecule has 1 aliphatic heterocycles. The van der Waals surface area contributed by atoms with Crippen LogP contribution in [0, 0.1) is 5.92 Å². The fourth-order valence-electron chi connectivity index (χ4n) is 6.75. The van der Waals surface area contributed by atoms with Gasteiger partial charge < -0.3 is 57.7 Å². The number of esters is 1.